The summed E-state index contributed by atoms with van der Waals surface area (Å²) in [5, 5.41) is 23.1. The molecule has 0 radical (unpaired) electrons. The summed E-state index contributed by atoms with van der Waals surface area (Å²) >= 11 is 14.3. The Hall–Kier alpha value is -5.41. The van der Waals surface area contributed by atoms with Gasteiger partial charge in [-0.1, -0.05) is 70.9 Å². The predicted molar refractivity (Wildman–Crippen MR) is 194 cm³/mol. The number of hydrogen-bond donors (Lipinski definition) is 2. The highest BCUT2D eigenvalue weighted by Crippen LogP contribution is 2.36. The van der Waals surface area contributed by atoms with Crippen LogP contribution in [0.2, 0.25) is 10.0 Å². The molecule has 0 saturated heterocycles. The van der Waals surface area contributed by atoms with E-state index in [1.807, 2.05) is 6.07 Å². The van der Waals surface area contributed by atoms with Gasteiger partial charge in [-0.05, 0) is 84.4 Å². The zero-order chi connectivity index (χ0) is 35.8. The van der Waals surface area contributed by atoms with Gasteiger partial charge in [0.15, 0.2) is 10.6 Å². The summed E-state index contributed by atoms with van der Waals surface area (Å²) in [5.41, 5.74) is 1.91. The number of aromatic amines is 1. The van der Waals surface area contributed by atoms with E-state index in [4.69, 9.17) is 23.2 Å². The van der Waals surface area contributed by atoms with Gasteiger partial charge in [-0.2, -0.15) is 0 Å². The summed E-state index contributed by atoms with van der Waals surface area (Å²) in [7, 11) is 0. The van der Waals surface area contributed by atoms with Crippen LogP contribution in [0.4, 0.5) is 15.8 Å². The molecule has 1 amide bonds. The lowest BCUT2D eigenvalue weighted by atomic mass is 9.95. The number of nitrogens with one attached hydrogen (secondary N) is 2. The van der Waals surface area contributed by atoms with E-state index in [-0.39, 0.29) is 25.8 Å². The maximum atomic E-state index is 14.1. The summed E-state index contributed by atoms with van der Waals surface area (Å²) in [4.78, 5) is 49.1. The number of hydrogen-bond acceptors (Lipinski definition) is 9. The molecular weight excluding hydrogens is 736 g/mol. The topological polar surface area (TPSA) is 148 Å². The van der Waals surface area contributed by atoms with Gasteiger partial charge in [-0.25, -0.2) is 14.4 Å². The van der Waals surface area contributed by atoms with Gasteiger partial charge < -0.3 is 5.32 Å². The first-order valence-electron chi connectivity index (χ1n) is 15.0. The van der Waals surface area contributed by atoms with Crippen LogP contribution < -0.4 is 20.2 Å². The van der Waals surface area contributed by atoms with E-state index in [2.05, 4.69) is 25.5 Å². The average Bonchev–Trinajstić information content (AvgIpc) is 3.68. The monoisotopic (exact) mass is 757 g/mol. The standard InChI is InChI=1S/C35H22Cl2FN7O4S2/c1-18-29(32(46)40-23-5-3-2-4-6-23)30(20-8-11-22(38)12-9-20)44-33(47)28(51-35(44)39-18)16-19-7-14-27(26(15-19)45(48)49)50-34-41-31(42-43-34)24-13-10-21(36)17-25(24)37/h2-17,30H,1H3,(H,40,46)(H,41,42,43)/b28-16+/t30-/m0/s1. The van der Waals surface area contributed by atoms with Crippen LogP contribution in [0.1, 0.15) is 24.1 Å². The van der Waals surface area contributed by atoms with Crippen molar-refractivity contribution in [2.45, 2.75) is 23.0 Å². The molecule has 4 aromatic carbocycles. The Morgan fingerprint density at radius 2 is 1.84 bits per heavy atom. The van der Waals surface area contributed by atoms with Crippen molar-refractivity contribution in [2.75, 3.05) is 5.32 Å². The quantitative estimate of drug-likeness (QED) is 0.124. The average molecular weight is 759 g/mol. The molecule has 11 nitrogen and oxygen atoms in total. The lowest BCUT2D eigenvalue weighted by Gasteiger charge is -2.25. The number of nitrogens with zero attached hydrogens (tertiary/aromatic N) is 5. The Labute approximate surface area is 306 Å². The molecule has 6 aromatic rings. The molecule has 1 atom stereocenters. The normalized spacial score (nSPS) is 14.3. The molecular formula is C35H22Cl2FN7O4S2. The Balaban J connectivity index is 1.25. The molecule has 16 heteroatoms. The number of carbonyl (C=O) groups excluding carboxylic acids is 1. The number of fused-ring (bicyclic) bond motifs is 1. The summed E-state index contributed by atoms with van der Waals surface area (Å²) in [6, 6.07) is 22.9. The number of aromatic nitrogens is 4. The number of halogens is 3. The highest BCUT2D eigenvalue weighted by Gasteiger charge is 2.32. The third kappa shape index (κ3) is 6.99. The van der Waals surface area contributed by atoms with Crippen LogP contribution in [0, 0.1) is 15.9 Å². The van der Waals surface area contributed by atoms with Crippen LogP contribution in [-0.4, -0.2) is 30.6 Å². The van der Waals surface area contributed by atoms with E-state index in [1.165, 1.54) is 41.0 Å². The number of rotatable bonds is 8. The van der Waals surface area contributed by atoms with E-state index in [0.29, 0.717) is 48.7 Å². The number of thiazole rings is 1. The molecule has 0 unspecified atom stereocenters. The van der Waals surface area contributed by atoms with Crippen LogP contribution in [0.25, 0.3) is 17.5 Å². The molecule has 1 aliphatic heterocycles. The number of anilines is 1. The predicted octanol–water partition coefficient (Wildman–Crippen LogP) is 7.16. The number of para-hydroxylation sites is 1. The maximum Gasteiger partial charge on any atom is 0.283 e. The molecule has 51 heavy (non-hydrogen) atoms. The number of nitro benzene ring substituents is 1. The molecule has 1 aliphatic rings. The number of H-pyrrole nitrogens is 1. The van der Waals surface area contributed by atoms with Crippen LogP contribution >= 0.6 is 46.3 Å². The molecule has 0 saturated carbocycles. The second kappa shape index (κ2) is 14.1. The van der Waals surface area contributed by atoms with Crippen molar-refractivity contribution in [3.8, 4) is 11.4 Å². The third-order valence-corrected chi connectivity index (χ3v) is 10.3. The van der Waals surface area contributed by atoms with Crippen LogP contribution in [-0.2, 0) is 4.79 Å². The van der Waals surface area contributed by atoms with Crippen molar-refractivity contribution < 1.29 is 14.1 Å². The van der Waals surface area contributed by atoms with Gasteiger partial charge >= 0.3 is 0 Å². The lowest BCUT2D eigenvalue weighted by molar-refractivity contribution is -0.387. The second-order valence-electron chi connectivity index (χ2n) is 11.1. The summed E-state index contributed by atoms with van der Waals surface area (Å²) in [6.45, 7) is 1.68. The second-order valence-corrected chi connectivity index (χ2v) is 14.0. The van der Waals surface area contributed by atoms with Gasteiger partial charge in [-0.15, -0.1) is 5.10 Å². The van der Waals surface area contributed by atoms with Crippen LogP contribution in [0.5, 0.6) is 0 Å². The van der Waals surface area contributed by atoms with E-state index >= 15 is 0 Å². The minimum absolute atomic E-state index is 0.217. The first-order valence-corrected chi connectivity index (χ1v) is 17.4. The molecule has 2 aromatic heterocycles. The summed E-state index contributed by atoms with van der Waals surface area (Å²) < 4.78 is 15.6. The molecule has 0 fully saturated rings. The fourth-order valence-electron chi connectivity index (χ4n) is 5.49. The van der Waals surface area contributed by atoms with Gasteiger partial charge in [0.05, 0.1) is 36.7 Å². The first kappa shape index (κ1) is 34.1. The number of carbonyl (C=O) groups is 1. The molecule has 0 spiro atoms. The highest BCUT2D eigenvalue weighted by molar-refractivity contribution is 7.99. The number of benzene rings is 4. The zero-order valence-corrected chi connectivity index (χ0v) is 29.3. The van der Waals surface area contributed by atoms with E-state index in [9.17, 15) is 24.1 Å². The van der Waals surface area contributed by atoms with Crippen molar-refractivity contribution in [3.63, 3.8) is 0 Å². The van der Waals surface area contributed by atoms with Crippen molar-refractivity contribution in [1.29, 1.82) is 0 Å². The maximum absolute atomic E-state index is 14.1. The van der Waals surface area contributed by atoms with E-state index < -0.39 is 28.2 Å². The van der Waals surface area contributed by atoms with Gasteiger partial charge in [0.25, 0.3) is 17.2 Å². The molecule has 254 valence electrons. The minimum Gasteiger partial charge on any atom is -0.322 e. The molecule has 7 rings (SSSR count). The third-order valence-electron chi connectivity index (χ3n) is 7.81. The van der Waals surface area contributed by atoms with Gasteiger partial charge in [0.2, 0.25) is 5.16 Å². The Kier molecular flexibility index (Phi) is 9.40. The Morgan fingerprint density at radius 1 is 1.08 bits per heavy atom. The lowest BCUT2D eigenvalue weighted by Crippen LogP contribution is -2.40. The number of amides is 1. The zero-order valence-electron chi connectivity index (χ0n) is 26.1. The Bertz CT molecular complexity index is 2570. The van der Waals surface area contributed by atoms with Crippen molar-refractivity contribution in [3.05, 3.63) is 159 Å². The molecule has 0 bridgehead atoms. The Morgan fingerprint density at radius 3 is 2.57 bits per heavy atom. The smallest absolute Gasteiger partial charge is 0.283 e. The minimum atomic E-state index is -0.921. The molecule has 0 aliphatic carbocycles. The van der Waals surface area contributed by atoms with Gasteiger partial charge in [0, 0.05) is 22.3 Å². The summed E-state index contributed by atoms with van der Waals surface area (Å²) in [6.07, 6.45) is 1.53. The largest absolute Gasteiger partial charge is 0.322 e. The van der Waals surface area contributed by atoms with Crippen LogP contribution in [0.15, 0.2) is 122 Å². The van der Waals surface area contributed by atoms with E-state index in [0.717, 1.165) is 23.1 Å². The SMILES string of the molecule is CC1=C(C(=O)Nc2ccccc2)[C@H](c2ccc(F)cc2)n2c(s/c(=C/c3ccc(Sc4n[nH]c(-c5ccc(Cl)cc5Cl)n4)c([N+](=O)[O-])c3)c2=O)=N1. The summed E-state index contributed by atoms with van der Waals surface area (Å²) in [5.74, 6) is -0.576. The fourth-order valence-corrected chi connectivity index (χ4v) is 7.83. The fraction of sp³-hybridized carbons (Fsp3) is 0.0571. The van der Waals surface area contributed by atoms with Gasteiger partial charge in [-0.3, -0.25) is 29.4 Å². The number of nitro groups is 1. The van der Waals surface area contributed by atoms with Crippen molar-refractivity contribution in [1.82, 2.24) is 19.7 Å². The van der Waals surface area contributed by atoms with Crippen molar-refractivity contribution in [2.24, 2.45) is 4.99 Å². The molecule has 2 N–H and O–H groups in total. The highest BCUT2D eigenvalue weighted by atomic mass is 35.5. The van der Waals surface area contributed by atoms with Gasteiger partial charge in [0.1, 0.15) is 5.82 Å². The van der Waals surface area contributed by atoms with Crippen LogP contribution in [0.3, 0.4) is 0 Å². The first-order chi connectivity index (χ1) is 24.5. The van der Waals surface area contributed by atoms with Crippen molar-refractivity contribution >= 4 is 69.7 Å². The molecule has 3 heterocycles. The number of allylic oxidation sites excluding steroid dienone is 1. The van der Waals surface area contributed by atoms with E-state index in [1.54, 1.807) is 61.5 Å².